The summed E-state index contributed by atoms with van der Waals surface area (Å²) in [6.07, 6.45) is 10.7. The van der Waals surface area contributed by atoms with Crippen molar-refractivity contribution in [3.63, 3.8) is 0 Å². The molecule has 1 saturated carbocycles. The number of thiophene rings is 1. The first-order chi connectivity index (χ1) is 14.0. The number of ether oxygens (including phenoxy) is 1. The molecule has 6 nitrogen and oxygen atoms in total. The number of esters is 1. The van der Waals surface area contributed by atoms with Gasteiger partial charge < -0.3 is 15.2 Å². The standard InChI is InChI=1S/C22H27NO5S/c1-2-28-22(27)18-14-7-5-3-4-6-8-15(14)29-20(18)23-19(24)16-12-9-10-13(11-12)17(16)21(25)26/h9-10,12-13,16-17H,2-8,11H2,1H3,(H,23,24)(H,25,26)/t12-,13+,16+,17+/m1/s1. The van der Waals surface area contributed by atoms with E-state index in [1.54, 1.807) is 6.92 Å². The van der Waals surface area contributed by atoms with Crippen molar-refractivity contribution in [1.82, 2.24) is 0 Å². The van der Waals surface area contributed by atoms with E-state index in [0.29, 0.717) is 17.0 Å². The molecule has 0 aromatic carbocycles. The third-order valence-corrected chi connectivity index (χ3v) is 7.64. The molecule has 3 aliphatic rings. The Labute approximate surface area is 174 Å². The number of anilines is 1. The van der Waals surface area contributed by atoms with Crippen LogP contribution < -0.4 is 5.32 Å². The molecule has 1 fully saturated rings. The molecule has 156 valence electrons. The predicted octanol–water partition coefficient (Wildman–Crippen LogP) is 4.05. The minimum absolute atomic E-state index is 0.0480. The lowest BCUT2D eigenvalue weighted by atomic mass is 9.82. The topological polar surface area (TPSA) is 92.7 Å². The number of carboxylic acid groups (broad SMARTS) is 1. The van der Waals surface area contributed by atoms with Crippen molar-refractivity contribution < 1.29 is 24.2 Å². The van der Waals surface area contributed by atoms with E-state index < -0.39 is 23.8 Å². The number of aliphatic carboxylic acids is 1. The summed E-state index contributed by atoms with van der Waals surface area (Å²) in [7, 11) is 0. The Morgan fingerprint density at radius 1 is 1.10 bits per heavy atom. The second-order valence-electron chi connectivity index (χ2n) is 8.17. The van der Waals surface area contributed by atoms with Crippen LogP contribution in [-0.2, 0) is 27.2 Å². The van der Waals surface area contributed by atoms with Crippen LogP contribution >= 0.6 is 11.3 Å². The number of carbonyl (C=O) groups is 3. The molecule has 29 heavy (non-hydrogen) atoms. The van der Waals surface area contributed by atoms with Gasteiger partial charge >= 0.3 is 11.9 Å². The summed E-state index contributed by atoms with van der Waals surface area (Å²) in [6, 6.07) is 0. The Morgan fingerprint density at radius 3 is 2.48 bits per heavy atom. The number of aryl methyl sites for hydroxylation is 1. The van der Waals surface area contributed by atoms with Gasteiger partial charge in [0.05, 0.1) is 24.0 Å². The van der Waals surface area contributed by atoms with Crippen LogP contribution in [0.5, 0.6) is 0 Å². The van der Waals surface area contributed by atoms with E-state index in [9.17, 15) is 19.5 Å². The third-order valence-electron chi connectivity index (χ3n) is 6.43. The van der Waals surface area contributed by atoms with Gasteiger partial charge in [-0.3, -0.25) is 9.59 Å². The van der Waals surface area contributed by atoms with Crippen LogP contribution in [0.15, 0.2) is 12.2 Å². The van der Waals surface area contributed by atoms with E-state index in [-0.39, 0.29) is 24.3 Å². The van der Waals surface area contributed by atoms with Crippen LogP contribution in [0, 0.1) is 23.7 Å². The van der Waals surface area contributed by atoms with Crippen molar-refractivity contribution in [1.29, 1.82) is 0 Å². The molecule has 7 heteroatoms. The van der Waals surface area contributed by atoms with Crippen molar-refractivity contribution >= 4 is 34.2 Å². The maximum absolute atomic E-state index is 13.1. The lowest BCUT2D eigenvalue weighted by Gasteiger charge is -2.23. The monoisotopic (exact) mass is 417 g/mol. The van der Waals surface area contributed by atoms with Crippen LogP contribution in [0.2, 0.25) is 0 Å². The molecule has 4 atom stereocenters. The maximum Gasteiger partial charge on any atom is 0.341 e. The molecular weight excluding hydrogens is 390 g/mol. The Kier molecular flexibility index (Phi) is 5.76. The van der Waals surface area contributed by atoms with Gasteiger partial charge in [-0.1, -0.05) is 25.0 Å². The van der Waals surface area contributed by atoms with Gasteiger partial charge in [0.15, 0.2) is 0 Å². The van der Waals surface area contributed by atoms with Crippen molar-refractivity contribution in [2.45, 2.75) is 51.9 Å². The highest BCUT2D eigenvalue weighted by molar-refractivity contribution is 7.17. The Bertz CT molecular complexity index is 858. The highest BCUT2D eigenvalue weighted by Crippen LogP contribution is 2.49. The molecule has 0 unspecified atom stereocenters. The van der Waals surface area contributed by atoms with Crippen LogP contribution in [0.4, 0.5) is 5.00 Å². The fraction of sp³-hybridized carbons (Fsp3) is 0.591. The summed E-state index contributed by atoms with van der Waals surface area (Å²) in [5, 5.41) is 13.1. The van der Waals surface area contributed by atoms with Crippen molar-refractivity contribution in [3.05, 3.63) is 28.2 Å². The summed E-state index contributed by atoms with van der Waals surface area (Å²) in [4.78, 5) is 38.8. The minimum atomic E-state index is -0.925. The van der Waals surface area contributed by atoms with Gasteiger partial charge in [0, 0.05) is 4.88 Å². The predicted molar refractivity (Wildman–Crippen MR) is 110 cm³/mol. The molecule has 1 heterocycles. The number of hydrogen-bond donors (Lipinski definition) is 2. The number of carboxylic acids is 1. The molecule has 4 rings (SSSR count). The van der Waals surface area contributed by atoms with Crippen LogP contribution in [0.25, 0.3) is 0 Å². The van der Waals surface area contributed by atoms with Crippen molar-refractivity contribution in [2.24, 2.45) is 23.7 Å². The SMILES string of the molecule is CCOC(=O)c1c(NC(=O)[C@@H]2[C@@H](C(=O)O)[C@H]3C=C[C@@H]2C3)sc2c1CCCCCC2. The number of carbonyl (C=O) groups excluding carboxylic acids is 2. The minimum Gasteiger partial charge on any atom is -0.481 e. The summed E-state index contributed by atoms with van der Waals surface area (Å²) in [5.41, 5.74) is 1.48. The molecule has 1 aromatic heterocycles. The average Bonchev–Trinajstić information content (AvgIpc) is 3.35. The van der Waals surface area contributed by atoms with Crippen LogP contribution in [0.1, 0.15) is 59.8 Å². The van der Waals surface area contributed by atoms with Gasteiger partial charge in [-0.15, -0.1) is 11.3 Å². The van der Waals surface area contributed by atoms with E-state index in [1.165, 1.54) is 17.8 Å². The van der Waals surface area contributed by atoms with Crippen molar-refractivity contribution in [2.75, 3.05) is 11.9 Å². The number of amides is 1. The van der Waals surface area contributed by atoms with Gasteiger partial charge in [-0.05, 0) is 56.4 Å². The van der Waals surface area contributed by atoms with Crippen LogP contribution in [0.3, 0.4) is 0 Å². The number of hydrogen-bond acceptors (Lipinski definition) is 5. The first kappa shape index (κ1) is 20.1. The Balaban J connectivity index is 1.64. The number of rotatable bonds is 5. The summed E-state index contributed by atoms with van der Waals surface area (Å²) in [5.74, 6) is -3.04. The van der Waals surface area contributed by atoms with Crippen LogP contribution in [-0.4, -0.2) is 29.6 Å². The second-order valence-corrected chi connectivity index (χ2v) is 9.28. The van der Waals surface area contributed by atoms with E-state index in [0.717, 1.165) is 42.5 Å². The summed E-state index contributed by atoms with van der Waals surface area (Å²) >= 11 is 1.46. The normalized spacial score (nSPS) is 27.8. The highest BCUT2D eigenvalue weighted by atomic mass is 32.1. The lowest BCUT2D eigenvalue weighted by Crippen LogP contribution is -2.36. The molecule has 0 spiro atoms. The van der Waals surface area contributed by atoms with Gasteiger partial charge in [0.25, 0.3) is 0 Å². The Morgan fingerprint density at radius 2 is 1.79 bits per heavy atom. The van der Waals surface area contributed by atoms with E-state index in [2.05, 4.69) is 5.32 Å². The zero-order valence-electron chi connectivity index (χ0n) is 16.6. The quantitative estimate of drug-likeness (QED) is 0.557. The van der Waals surface area contributed by atoms with Gasteiger partial charge in [0.2, 0.25) is 5.91 Å². The van der Waals surface area contributed by atoms with Gasteiger partial charge in [-0.2, -0.15) is 0 Å². The number of nitrogens with one attached hydrogen (secondary N) is 1. The zero-order chi connectivity index (χ0) is 20.5. The fourth-order valence-electron chi connectivity index (χ4n) is 5.14. The summed E-state index contributed by atoms with van der Waals surface area (Å²) < 4.78 is 5.29. The number of fused-ring (bicyclic) bond motifs is 3. The molecule has 1 aromatic rings. The molecule has 0 saturated heterocycles. The van der Waals surface area contributed by atoms with E-state index in [4.69, 9.17) is 4.74 Å². The zero-order valence-corrected chi connectivity index (χ0v) is 17.4. The van der Waals surface area contributed by atoms with E-state index in [1.807, 2.05) is 12.2 Å². The smallest absolute Gasteiger partial charge is 0.341 e. The molecule has 1 amide bonds. The average molecular weight is 418 g/mol. The lowest BCUT2D eigenvalue weighted by molar-refractivity contribution is -0.146. The van der Waals surface area contributed by atoms with E-state index >= 15 is 0 Å². The largest absolute Gasteiger partial charge is 0.481 e. The first-order valence-electron chi connectivity index (χ1n) is 10.5. The maximum atomic E-state index is 13.1. The molecule has 0 aliphatic heterocycles. The molecule has 2 bridgehead atoms. The molecule has 3 aliphatic carbocycles. The first-order valence-corrected chi connectivity index (χ1v) is 11.4. The molecular formula is C22H27NO5S. The molecule has 0 radical (unpaired) electrons. The fourth-order valence-corrected chi connectivity index (χ4v) is 6.42. The van der Waals surface area contributed by atoms with Gasteiger partial charge in [-0.25, -0.2) is 4.79 Å². The second kappa shape index (κ2) is 8.30. The number of allylic oxidation sites excluding steroid dienone is 2. The van der Waals surface area contributed by atoms with Crippen molar-refractivity contribution in [3.8, 4) is 0 Å². The highest BCUT2D eigenvalue weighted by Gasteiger charge is 2.51. The Hall–Kier alpha value is -2.15. The third kappa shape index (κ3) is 3.72. The van der Waals surface area contributed by atoms with Gasteiger partial charge in [0.1, 0.15) is 5.00 Å². The summed E-state index contributed by atoms with van der Waals surface area (Å²) in [6.45, 7) is 2.04. The molecule has 2 N–H and O–H groups in total.